The number of fused-ring (bicyclic) bond motifs is 1. The fourth-order valence-electron chi connectivity index (χ4n) is 1.98. The number of aromatic hydroxyl groups is 1. The maximum atomic E-state index is 9.75. The molecule has 0 aliphatic heterocycles. The first-order valence-electron chi connectivity index (χ1n) is 6.12. The number of hydrogen-bond donors (Lipinski definition) is 1. The minimum Gasteiger partial charge on any atom is -0.506 e. The maximum absolute atomic E-state index is 9.75. The lowest BCUT2D eigenvalue weighted by molar-refractivity contribution is 0.476. The molecule has 0 saturated heterocycles. The van der Waals surface area contributed by atoms with Gasteiger partial charge in [-0.15, -0.1) is 10.2 Å². The van der Waals surface area contributed by atoms with Crippen LogP contribution in [-0.2, 0) is 0 Å². The van der Waals surface area contributed by atoms with Crippen LogP contribution in [0.4, 0.5) is 11.4 Å². The summed E-state index contributed by atoms with van der Waals surface area (Å²) in [5.74, 6) is 0.109. The zero-order valence-electron chi connectivity index (χ0n) is 10.5. The van der Waals surface area contributed by atoms with Crippen LogP contribution in [-0.4, -0.2) is 5.11 Å². The van der Waals surface area contributed by atoms with Crippen molar-refractivity contribution in [1.82, 2.24) is 0 Å². The SMILES string of the molecule is Oc1ccc(Br)cc1N=Nc1cccc2ccccc12. The fourth-order valence-corrected chi connectivity index (χ4v) is 2.33. The number of rotatable bonds is 2. The van der Waals surface area contributed by atoms with Gasteiger partial charge in [-0.3, -0.25) is 0 Å². The molecule has 0 aromatic heterocycles. The number of nitrogens with zero attached hydrogens (tertiary/aromatic N) is 2. The molecular formula is C16H11BrN2O. The Hall–Kier alpha value is -2.20. The van der Waals surface area contributed by atoms with E-state index in [1.54, 1.807) is 18.2 Å². The molecule has 0 bridgehead atoms. The third-order valence-corrected chi connectivity index (χ3v) is 3.46. The van der Waals surface area contributed by atoms with Gasteiger partial charge in [-0.1, -0.05) is 52.3 Å². The molecule has 0 heterocycles. The normalized spacial score (nSPS) is 11.2. The maximum Gasteiger partial charge on any atom is 0.143 e. The molecule has 3 rings (SSSR count). The molecule has 0 aliphatic carbocycles. The molecule has 0 unspecified atom stereocenters. The highest BCUT2D eigenvalue weighted by molar-refractivity contribution is 9.10. The topological polar surface area (TPSA) is 45.0 Å². The van der Waals surface area contributed by atoms with Crippen molar-refractivity contribution in [3.8, 4) is 5.75 Å². The van der Waals surface area contributed by atoms with Crippen LogP contribution in [0.25, 0.3) is 10.8 Å². The van der Waals surface area contributed by atoms with Crippen LogP contribution in [0, 0.1) is 0 Å². The summed E-state index contributed by atoms with van der Waals surface area (Å²) in [6, 6.07) is 18.9. The van der Waals surface area contributed by atoms with Gasteiger partial charge < -0.3 is 5.11 Å². The van der Waals surface area contributed by atoms with Crippen molar-refractivity contribution < 1.29 is 5.11 Å². The standard InChI is InChI=1S/C16H11BrN2O/c17-12-8-9-16(20)15(10-12)19-18-14-7-3-5-11-4-1-2-6-13(11)14/h1-10,20H. The zero-order chi connectivity index (χ0) is 13.9. The highest BCUT2D eigenvalue weighted by Crippen LogP contribution is 2.32. The van der Waals surface area contributed by atoms with Crippen LogP contribution in [0.5, 0.6) is 5.75 Å². The second kappa shape index (κ2) is 5.43. The van der Waals surface area contributed by atoms with Gasteiger partial charge in [-0.05, 0) is 29.7 Å². The Bertz CT molecular complexity index is 794. The van der Waals surface area contributed by atoms with Crippen molar-refractivity contribution in [1.29, 1.82) is 0 Å². The van der Waals surface area contributed by atoms with Gasteiger partial charge in [-0.25, -0.2) is 0 Å². The third-order valence-electron chi connectivity index (χ3n) is 2.97. The van der Waals surface area contributed by atoms with Crippen molar-refractivity contribution in [2.45, 2.75) is 0 Å². The molecule has 0 saturated carbocycles. The monoisotopic (exact) mass is 326 g/mol. The summed E-state index contributed by atoms with van der Waals surface area (Å²) in [4.78, 5) is 0. The second-order valence-electron chi connectivity index (χ2n) is 4.33. The average Bonchev–Trinajstić information content (AvgIpc) is 2.48. The van der Waals surface area contributed by atoms with E-state index in [4.69, 9.17) is 0 Å². The van der Waals surface area contributed by atoms with Gasteiger partial charge in [-0.2, -0.15) is 0 Å². The number of benzene rings is 3. The summed E-state index contributed by atoms with van der Waals surface area (Å²) in [5.41, 5.74) is 1.22. The van der Waals surface area contributed by atoms with E-state index in [1.807, 2.05) is 42.5 Å². The molecule has 3 aromatic rings. The van der Waals surface area contributed by atoms with Crippen molar-refractivity contribution in [3.05, 3.63) is 65.1 Å². The highest BCUT2D eigenvalue weighted by atomic mass is 79.9. The molecule has 0 atom stereocenters. The van der Waals surface area contributed by atoms with E-state index in [0.717, 1.165) is 20.9 Å². The smallest absolute Gasteiger partial charge is 0.143 e. The molecular weight excluding hydrogens is 316 g/mol. The minimum atomic E-state index is 0.109. The summed E-state index contributed by atoms with van der Waals surface area (Å²) in [6.07, 6.45) is 0. The minimum absolute atomic E-state index is 0.109. The van der Waals surface area contributed by atoms with Crippen LogP contribution in [0.15, 0.2) is 75.4 Å². The summed E-state index contributed by atoms with van der Waals surface area (Å²) in [7, 11) is 0. The van der Waals surface area contributed by atoms with Crippen LogP contribution in [0.3, 0.4) is 0 Å². The number of phenols is 1. The number of halogens is 1. The van der Waals surface area contributed by atoms with E-state index >= 15 is 0 Å². The van der Waals surface area contributed by atoms with Gasteiger partial charge in [0, 0.05) is 9.86 Å². The van der Waals surface area contributed by atoms with Crippen molar-refractivity contribution in [2.75, 3.05) is 0 Å². The Kier molecular flexibility index (Phi) is 3.48. The first-order valence-corrected chi connectivity index (χ1v) is 6.91. The summed E-state index contributed by atoms with van der Waals surface area (Å²) in [6.45, 7) is 0. The lowest BCUT2D eigenvalue weighted by Gasteiger charge is -2.01. The molecule has 0 amide bonds. The van der Waals surface area contributed by atoms with Gasteiger partial charge in [0.25, 0.3) is 0 Å². The quantitative estimate of drug-likeness (QED) is 0.601. The number of azo groups is 1. The average molecular weight is 327 g/mol. The van der Waals surface area contributed by atoms with Crippen molar-refractivity contribution >= 4 is 38.1 Å². The summed E-state index contributed by atoms with van der Waals surface area (Å²) >= 11 is 3.35. The first-order chi connectivity index (χ1) is 9.74. The molecule has 0 aliphatic rings. The Morgan fingerprint density at radius 1 is 0.800 bits per heavy atom. The molecule has 0 spiro atoms. The molecule has 98 valence electrons. The van der Waals surface area contributed by atoms with E-state index in [1.165, 1.54) is 0 Å². The van der Waals surface area contributed by atoms with Gasteiger partial charge >= 0.3 is 0 Å². The molecule has 1 N–H and O–H groups in total. The molecule has 0 fully saturated rings. The van der Waals surface area contributed by atoms with Crippen molar-refractivity contribution in [3.63, 3.8) is 0 Å². The Balaban J connectivity index is 2.05. The summed E-state index contributed by atoms with van der Waals surface area (Å²) < 4.78 is 0.849. The molecule has 3 nitrogen and oxygen atoms in total. The lowest BCUT2D eigenvalue weighted by atomic mass is 10.1. The predicted octanol–water partition coefficient (Wildman–Crippen LogP) is 5.72. The predicted molar refractivity (Wildman–Crippen MR) is 83.9 cm³/mol. The van der Waals surface area contributed by atoms with Crippen LogP contribution in [0.2, 0.25) is 0 Å². The van der Waals surface area contributed by atoms with E-state index in [9.17, 15) is 5.11 Å². The van der Waals surface area contributed by atoms with Crippen LogP contribution in [0.1, 0.15) is 0 Å². The van der Waals surface area contributed by atoms with Gasteiger partial charge in [0.05, 0.1) is 5.69 Å². The molecule has 3 aromatic carbocycles. The largest absolute Gasteiger partial charge is 0.506 e. The van der Waals surface area contributed by atoms with Gasteiger partial charge in [0.2, 0.25) is 0 Å². The molecule has 4 heteroatoms. The zero-order valence-corrected chi connectivity index (χ0v) is 12.1. The number of phenolic OH excluding ortho intramolecular Hbond substituents is 1. The summed E-state index contributed by atoms with van der Waals surface area (Å²) in [5, 5.41) is 20.3. The van der Waals surface area contributed by atoms with Crippen LogP contribution < -0.4 is 0 Å². The van der Waals surface area contributed by atoms with Crippen LogP contribution >= 0.6 is 15.9 Å². The lowest BCUT2D eigenvalue weighted by Crippen LogP contribution is -1.73. The fraction of sp³-hybridized carbons (Fsp3) is 0. The Morgan fingerprint density at radius 2 is 1.55 bits per heavy atom. The second-order valence-corrected chi connectivity index (χ2v) is 5.25. The number of hydrogen-bond acceptors (Lipinski definition) is 3. The Morgan fingerprint density at radius 3 is 2.45 bits per heavy atom. The van der Waals surface area contributed by atoms with E-state index < -0.39 is 0 Å². The Labute approximate surface area is 124 Å². The van der Waals surface area contributed by atoms with Gasteiger partial charge in [0.15, 0.2) is 0 Å². The van der Waals surface area contributed by atoms with E-state index in [2.05, 4.69) is 26.2 Å². The first kappa shape index (κ1) is 12.8. The molecule has 0 radical (unpaired) electrons. The highest BCUT2D eigenvalue weighted by Gasteiger charge is 2.02. The third kappa shape index (κ3) is 2.56. The van der Waals surface area contributed by atoms with Gasteiger partial charge in [0.1, 0.15) is 11.4 Å². The van der Waals surface area contributed by atoms with E-state index in [0.29, 0.717) is 5.69 Å². The van der Waals surface area contributed by atoms with E-state index in [-0.39, 0.29) is 5.75 Å². The molecule has 20 heavy (non-hydrogen) atoms. The van der Waals surface area contributed by atoms with Crippen molar-refractivity contribution in [2.24, 2.45) is 10.2 Å².